The van der Waals surface area contributed by atoms with E-state index in [0.29, 0.717) is 5.88 Å². The van der Waals surface area contributed by atoms with Gasteiger partial charge < -0.3 is 10.1 Å². The molecular formula is C16H22N4O. The van der Waals surface area contributed by atoms with Crippen LogP contribution in [0.15, 0.2) is 30.7 Å². The molecule has 2 aromatic heterocycles. The number of hydrogen-bond acceptors (Lipinski definition) is 5. The van der Waals surface area contributed by atoms with Crippen molar-refractivity contribution in [3.05, 3.63) is 47.7 Å². The zero-order valence-corrected chi connectivity index (χ0v) is 12.8. The minimum absolute atomic E-state index is 0.107. The van der Waals surface area contributed by atoms with E-state index in [0.717, 1.165) is 30.8 Å². The van der Waals surface area contributed by atoms with Gasteiger partial charge >= 0.3 is 0 Å². The molecule has 0 aliphatic heterocycles. The Labute approximate surface area is 125 Å². The third-order valence-electron chi connectivity index (χ3n) is 3.34. The summed E-state index contributed by atoms with van der Waals surface area (Å²) >= 11 is 0. The SMILES string of the molecule is CCCNC(c1ncccc1CC)c1nccnc1OC. The van der Waals surface area contributed by atoms with Crippen LogP contribution < -0.4 is 10.1 Å². The van der Waals surface area contributed by atoms with Gasteiger partial charge in [0.15, 0.2) is 0 Å². The molecule has 2 rings (SSSR count). The number of aromatic nitrogens is 3. The number of methoxy groups -OCH3 is 1. The van der Waals surface area contributed by atoms with Gasteiger partial charge in [0, 0.05) is 18.6 Å². The third kappa shape index (κ3) is 3.55. The molecule has 0 bridgehead atoms. The van der Waals surface area contributed by atoms with Crippen LogP contribution in [-0.2, 0) is 6.42 Å². The second-order valence-electron chi connectivity index (χ2n) is 4.74. The maximum Gasteiger partial charge on any atom is 0.237 e. The Morgan fingerprint density at radius 3 is 2.57 bits per heavy atom. The van der Waals surface area contributed by atoms with Crippen molar-refractivity contribution in [2.45, 2.75) is 32.7 Å². The van der Waals surface area contributed by atoms with E-state index >= 15 is 0 Å². The van der Waals surface area contributed by atoms with Crippen LogP contribution in [0.25, 0.3) is 0 Å². The minimum Gasteiger partial charge on any atom is -0.480 e. The third-order valence-corrected chi connectivity index (χ3v) is 3.34. The highest BCUT2D eigenvalue weighted by Gasteiger charge is 2.23. The van der Waals surface area contributed by atoms with Gasteiger partial charge in [0.1, 0.15) is 5.69 Å². The van der Waals surface area contributed by atoms with E-state index < -0.39 is 0 Å². The molecule has 0 spiro atoms. The number of pyridine rings is 1. The van der Waals surface area contributed by atoms with Crippen LogP contribution in [0.3, 0.4) is 0 Å². The van der Waals surface area contributed by atoms with E-state index in [1.165, 1.54) is 5.56 Å². The molecule has 5 nitrogen and oxygen atoms in total. The van der Waals surface area contributed by atoms with Crippen LogP contribution in [0.2, 0.25) is 0 Å². The molecular weight excluding hydrogens is 264 g/mol. The quantitative estimate of drug-likeness (QED) is 0.847. The van der Waals surface area contributed by atoms with Crippen molar-refractivity contribution in [1.82, 2.24) is 20.3 Å². The summed E-state index contributed by atoms with van der Waals surface area (Å²) < 4.78 is 5.36. The van der Waals surface area contributed by atoms with E-state index in [4.69, 9.17) is 4.74 Å². The Morgan fingerprint density at radius 1 is 1.10 bits per heavy atom. The lowest BCUT2D eigenvalue weighted by Gasteiger charge is -2.21. The van der Waals surface area contributed by atoms with Gasteiger partial charge in [-0.25, -0.2) is 4.98 Å². The Hall–Kier alpha value is -2.01. The number of ether oxygens (including phenoxy) is 1. The van der Waals surface area contributed by atoms with Gasteiger partial charge in [-0.1, -0.05) is 19.9 Å². The van der Waals surface area contributed by atoms with E-state index in [1.54, 1.807) is 19.5 Å². The fourth-order valence-corrected chi connectivity index (χ4v) is 2.31. The zero-order valence-electron chi connectivity index (χ0n) is 12.8. The largest absolute Gasteiger partial charge is 0.480 e. The smallest absolute Gasteiger partial charge is 0.237 e. The van der Waals surface area contributed by atoms with Crippen LogP contribution >= 0.6 is 0 Å². The summed E-state index contributed by atoms with van der Waals surface area (Å²) in [5.41, 5.74) is 2.98. The number of hydrogen-bond donors (Lipinski definition) is 1. The lowest BCUT2D eigenvalue weighted by Crippen LogP contribution is -2.26. The Bertz CT molecular complexity index is 526. The highest BCUT2D eigenvalue weighted by molar-refractivity contribution is 5.33. The second-order valence-corrected chi connectivity index (χ2v) is 4.74. The normalized spacial score (nSPS) is 12.1. The van der Waals surface area contributed by atoms with Crippen molar-refractivity contribution in [1.29, 1.82) is 0 Å². The topological polar surface area (TPSA) is 59.9 Å². The molecule has 1 unspecified atom stereocenters. The van der Waals surface area contributed by atoms with E-state index in [9.17, 15) is 0 Å². The molecule has 0 fully saturated rings. The predicted octanol–water partition coefficient (Wildman–Crippen LogP) is 2.53. The van der Waals surface area contributed by atoms with Crippen molar-refractivity contribution in [2.75, 3.05) is 13.7 Å². The van der Waals surface area contributed by atoms with Gasteiger partial charge in [-0.3, -0.25) is 9.97 Å². The minimum atomic E-state index is -0.107. The number of nitrogens with one attached hydrogen (secondary N) is 1. The molecule has 112 valence electrons. The van der Waals surface area contributed by atoms with Crippen LogP contribution in [0, 0.1) is 0 Å². The van der Waals surface area contributed by atoms with Crippen LogP contribution in [0.1, 0.15) is 43.3 Å². The molecule has 0 saturated heterocycles. The molecule has 21 heavy (non-hydrogen) atoms. The molecule has 2 aromatic rings. The fourth-order valence-electron chi connectivity index (χ4n) is 2.31. The molecule has 1 atom stereocenters. The van der Waals surface area contributed by atoms with E-state index in [1.807, 2.05) is 12.3 Å². The molecule has 1 N–H and O–H groups in total. The summed E-state index contributed by atoms with van der Waals surface area (Å²) in [6, 6.07) is 3.96. The first-order valence-corrected chi connectivity index (χ1v) is 7.33. The molecule has 5 heteroatoms. The van der Waals surface area contributed by atoms with E-state index in [2.05, 4.69) is 40.2 Å². The van der Waals surface area contributed by atoms with Crippen molar-refractivity contribution in [3.63, 3.8) is 0 Å². The molecule has 0 aromatic carbocycles. The van der Waals surface area contributed by atoms with Crippen LogP contribution in [0.4, 0.5) is 0 Å². The Kier molecular flexibility index (Phi) is 5.63. The molecule has 2 heterocycles. The van der Waals surface area contributed by atoms with Gasteiger partial charge in [-0.2, -0.15) is 0 Å². The summed E-state index contributed by atoms with van der Waals surface area (Å²) in [6.45, 7) is 5.15. The first kappa shape index (κ1) is 15.4. The second kappa shape index (κ2) is 7.69. The number of rotatable bonds is 7. The highest BCUT2D eigenvalue weighted by Crippen LogP contribution is 2.27. The summed E-state index contributed by atoms with van der Waals surface area (Å²) in [6.07, 6.45) is 7.10. The van der Waals surface area contributed by atoms with Crippen LogP contribution in [0.5, 0.6) is 5.88 Å². The molecule has 0 amide bonds. The maximum atomic E-state index is 5.36. The van der Waals surface area contributed by atoms with Gasteiger partial charge in [-0.05, 0) is 31.0 Å². The van der Waals surface area contributed by atoms with Gasteiger partial charge in [-0.15, -0.1) is 0 Å². The first-order chi connectivity index (χ1) is 10.3. The first-order valence-electron chi connectivity index (χ1n) is 7.33. The molecule has 0 saturated carbocycles. The Morgan fingerprint density at radius 2 is 1.86 bits per heavy atom. The lowest BCUT2D eigenvalue weighted by molar-refractivity contribution is 0.381. The van der Waals surface area contributed by atoms with Crippen molar-refractivity contribution in [2.24, 2.45) is 0 Å². The highest BCUT2D eigenvalue weighted by atomic mass is 16.5. The van der Waals surface area contributed by atoms with Gasteiger partial charge in [0.2, 0.25) is 5.88 Å². The average Bonchev–Trinajstić information content (AvgIpc) is 2.56. The van der Waals surface area contributed by atoms with Crippen molar-refractivity contribution < 1.29 is 4.74 Å². The van der Waals surface area contributed by atoms with E-state index in [-0.39, 0.29) is 6.04 Å². The standard InChI is InChI=1S/C16H22N4O/c1-4-8-17-14(13-12(5-2)7-6-9-18-13)15-16(21-3)20-11-10-19-15/h6-7,9-11,14,17H,4-5,8H2,1-3H3. The van der Waals surface area contributed by atoms with Gasteiger partial charge in [0.05, 0.1) is 18.8 Å². The summed E-state index contributed by atoms with van der Waals surface area (Å²) in [7, 11) is 1.61. The van der Waals surface area contributed by atoms with Gasteiger partial charge in [0.25, 0.3) is 0 Å². The van der Waals surface area contributed by atoms with Crippen molar-refractivity contribution >= 4 is 0 Å². The lowest BCUT2D eigenvalue weighted by atomic mass is 10.0. The predicted molar refractivity (Wildman–Crippen MR) is 82.3 cm³/mol. The Balaban J connectivity index is 2.47. The zero-order chi connectivity index (χ0) is 15.1. The monoisotopic (exact) mass is 286 g/mol. The molecule has 0 aliphatic rings. The summed E-state index contributed by atoms with van der Waals surface area (Å²) in [5.74, 6) is 0.541. The number of aryl methyl sites for hydroxylation is 1. The molecule has 0 aliphatic carbocycles. The number of nitrogens with zero attached hydrogens (tertiary/aromatic N) is 3. The summed E-state index contributed by atoms with van der Waals surface area (Å²) in [5, 5.41) is 3.51. The fraction of sp³-hybridized carbons (Fsp3) is 0.438. The average molecular weight is 286 g/mol. The van der Waals surface area contributed by atoms with Crippen LogP contribution in [-0.4, -0.2) is 28.6 Å². The maximum absolute atomic E-state index is 5.36. The summed E-state index contributed by atoms with van der Waals surface area (Å²) in [4.78, 5) is 13.3. The van der Waals surface area contributed by atoms with Crippen molar-refractivity contribution in [3.8, 4) is 5.88 Å². The molecule has 0 radical (unpaired) electrons.